The van der Waals surface area contributed by atoms with E-state index in [0.29, 0.717) is 5.69 Å². The average Bonchev–Trinajstić information content (AvgIpc) is 2.53. The monoisotopic (exact) mass is 339 g/mol. The number of fused-ring (bicyclic) bond motifs is 1. The van der Waals surface area contributed by atoms with E-state index in [9.17, 15) is 13.2 Å². The highest BCUT2D eigenvalue weighted by Crippen LogP contribution is 2.30. The lowest BCUT2D eigenvalue weighted by Gasteiger charge is -2.28. The van der Waals surface area contributed by atoms with Crippen LogP contribution in [-0.4, -0.2) is 14.6 Å². The van der Waals surface area contributed by atoms with Gasteiger partial charge in [-0.1, -0.05) is 38.9 Å². The number of benzene rings is 2. The van der Waals surface area contributed by atoms with E-state index < -0.39 is 25.5 Å². The van der Waals surface area contributed by atoms with Crippen LogP contribution in [0.3, 0.4) is 0 Å². The van der Waals surface area contributed by atoms with Crippen molar-refractivity contribution in [2.75, 3.05) is 11.9 Å². The second kappa shape index (κ2) is 7.38. The first-order valence-electron chi connectivity index (χ1n) is 8.27. The third kappa shape index (κ3) is 3.71. The van der Waals surface area contributed by atoms with E-state index in [2.05, 4.69) is 26.1 Å². The van der Waals surface area contributed by atoms with Crippen LogP contribution in [0.2, 0.25) is 24.2 Å². The molecule has 0 bridgehead atoms. The fourth-order valence-electron chi connectivity index (χ4n) is 3.26. The van der Waals surface area contributed by atoms with Gasteiger partial charge in [-0.2, -0.15) is 0 Å². The van der Waals surface area contributed by atoms with Crippen LogP contribution < -0.4 is 5.32 Å². The molecule has 1 nitrogen and oxygen atoms in total. The Labute approximate surface area is 136 Å². The lowest BCUT2D eigenvalue weighted by molar-refractivity contribution is 0.581. The van der Waals surface area contributed by atoms with Crippen molar-refractivity contribution in [2.45, 2.75) is 44.9 Å². The molecular formula is C18H24F3NSi. The predicted octanol–water partition coefficient (Wildman–Crippen LogP) is 6.18. The molecule has 0 aromatic heterocycles. The third-order valence-corrected chi connectivity index (χ3v) is 11.0. The van der Waals surface area contributed by atoms with Crippen LogP contribution in [0.4, 0.5) is 18.9 Å². The van der Waals surface area contributed by atoms with Crippen LogP contribution in [0.1, 0.15) is 20.8 Å². The van der Waals surface area contributed by atoms with Crippen molar-refractivity contribution in [1.82, 2.24) is 0 Å². The summed E-state index contributed by atoms with van der Waals surface area (Å²) in [7, 11) is -1.26. The first-order chi connectivity index (χ1) is 11.0. The quantitative estimate of drug-likeness (QED) is 0.594. The van der Waals surface area contributed by atoms with Crippen molar-refractivity contribution in [1.29, 1.82) is 0 Å². The second-order valence-electron chi connectivity index (χ2n) is 6.14. The molecule has 2 aromatic carbocycles. The van der Waals surface area contributed by atoms with Gasteiger partial charge in [0.2, 0.25) is 0 Å². The SMILES string of the molecule is CC[Si](CC)(CC)CCNc1ccc(F)c2c(F)cc(F)cc12. The maximum absolute atomic E-state index is 13.9. The summed E-state index contributed by atoms with van der Waals surface area (Å²) in [6.07, 6.45) is 0. The zero-order chi connectivity index (χ0) is 17.0. The van der Waals surface area contributed by atoms with Gasteiger partial charge in [-0.3, -0.25) is 0 Å². The maximum Gasteiger partial charge on any atom is 0.136 e. The van der Waals surface area contributed by atoms with Crippen molar-refractivity contribution in [3.05, 3.63) is 41.7 Å². The molecule has 0 radical (unpaired) electrons. The summed E-state index contributed by atoms with van der Waals surface area (Å²) in [5.74, 6) is -2.22. The third-order valence-electron chi connectivity index (χ3n) is 5.20. The summed E-state index contributed by atoms with van der Waals surface area (Å²) in [4.78, 5) is 0. The Hall–Kier alpha value is -1.49. The Balaban J connectivity index is 2.26. The van der Waals surface area contributed by atoms with Crippen molar-refractivity contribution < 1.29 is 13.2 Å². The van der Waals surface area contributed by atoms with E-state index in [0.717, 1.165) is 18.7 Å². The molecule has 0 spiro atoms. The van der Waals surface area contributed by atoms with E-state index in [-0.39, 0.29) is 10.8 Å². The molecule has 0 aliphatic heterocycles. The van der Waals surface area contributed by atoms with Crippen LogP contribution in [-0.2, 0) is 0 Å². The molecule has 5 heteroatoms. The molecule has 0 aliphatic carbocycles. The molecule has 2 aromatic rings. The van der Waals surface area contributed by atoms with Gasteiger partial charge in [-0.15, -0.1) is 0 Å². The minimum Gasteiger partial charge on any atom is -0.385 e. The Morgan fingerprint density at radius 1 is 0.913 bits per heavy atom. The van der Waals surface area contributed by atoms with Crippen molar-refractivity contribution in [3.8, 4) is 0 Å². The smallest absolute Gasteiger partial charge is 0.136 e. The lowest BCUT2D eigenvalue weighted by Crippen LogP contribution is -2.33. The first-order valence-corrected chi connectivity index (χ1v) is 11.1. The van der Waals surface area contributed by atoms with E-state index in [1.165, 1.54) is 30.3 Å². The zero-order valence-electron chi connectivity index (χ0n) is 14.0. The molecule has 1 N–H and O–H groups in total. The Kier molecular flexibility index (Phi) is 5.73. The standard InChI is InChI=1S/C18H24F3NSi/c1-4-23(5-2,6-3)10-9-22-17-8-7-15(20)18-14(17)11-13(19)12-16(18)21/h7-8,11-12,22H,4-6,9-10H2,1-3H3. The number of anilines is 1. The normalized spacial score (nSPS) is 11.9. The molecule has 0 fully saturated rings. The van der Waals surface area contributed by atoms with Gasteiger partial charge in [0.15, 0.2) is 0 Å². The highest BCUT2D eigenvalue weighted by molar-refractivity contribution is 6.79. The fourth-order valence-corrected chi connectivity index (χ4v) is 6.47. The Morgan fingerprint density at radius 3 is 2.17 bits per heavy atom. The molecule has 0 saturated heterocycles. The molecule has 0 heterocycles. The van der Waals surface area contributed by atoms with Crippen LogP contribution in [0, 0.1) is 17.5 Å². The van der Waals surface area contributed by atoms with Gasteiger partial charge in [-0.25, -0.2) is 13.2 Å². The molecule has 0 saturated carbocycles. The Morgan fingerprint density at radius 2 is 1.57 bits per heavy atom. The highest BCUT2D eigenvalue weighted by atomic mass is 28.3. The summed E-state index contributed by atoms with van der Waals surface area (Å²) < 4.78 is 41.2. The number of nitrogens with one attached hydrogen (secondary N) is 1. The molecule has 0 amide bonds. The number of hydrogen-bond acceptors (Lipinski definition) is 1. The second-order valence-corrected chi connectivity index (χ2v) is 11.8. The van der Waals surface area contributed by atoms with E-state index in [4.69, 9.17) is 0 Å². The summed E-state index contributed by atoms with van der Waals surface area (Å²) >= 11 is 0. The van der Waals surface area contributed by atoms with Crippen molar-refractivity contribution in [3.63, 3.8) is 0 Å². The summed E-state index contributed by atoms with van der Waals surface area (Å²) in [5, 5.41) is 3.37. The zero-order valence-corrected chi connectivity index (χ0v) is 15.0. The highest BCUT2D eigenvalue weighted by Gasteiger charge is 2.25. The van der Waals surface area contributed by atoms with E-state index >= 15 is 0 Å². The number of halogens is 3. The molecule has 0 aliphatic rings. The summed E-state index contributed by atoms with van der Waals surface area (Å²) in [6.45, 7) is 7.49. The van der Waals surface area contributed by atoms with Gasteiger partial charge in [0.1, 0.15) is 17.5 Å². The number of rotatable bonds is 7. The van der Waals surface area contributed by atoms with Gasteiger partial charge in [-0.05, 0) is 24.2 Å². The lowest BCUT2D eigenvalue weighted by atomic mass is 10.1. The molecule has 0 unspecified atom stereocenters. The van der Waals surface area contributed by atoms with Crippen LogP contribution in [0.5, 0.6) is 0 Å². The van der Waals surface area contributed by atoms with Gasteiger partial charge >= 0.3 is 0 Å². The summed E-state index contributed by atoms with van der Waals surface area (Å²) in [5.41, 5.74) is 0.589. The number of hydrogen-bond donors (Lipinski definition) is 1. The van der Waals surface area contributed by atoms with Gasteiger partial charge in [0, 0.05) is 23.7 Å². The first kappa shape index (κ1) is 17.9. The van der Waals surface area contributed by atoms with Crippen LogP contribution >= 0.6 is 0 Å². The summed E-state index contributed by atoms with van der Waals surface area (Å²) in [6, 6.07) is 9.50. The maximum atomic E-state index is 13.9. The van der Waals surface area contributed by atoms with E-state index in [1.807, 2.05) is 0 Å². The predicted molar refractivity (Wildman–Crippen MR) is 94.3 cm³/mol. The van der Waals surface area contributed by atoms with Gasteiger partial charge in [0.05, 0.1) is 13.5 Å². The van der Waals surface area contributed by atoms with Gasteiger partial charge in [0.25, 0.3) is 0 Å². The minimum absolute atomic E-state index is 0.151. The van der Waals surface area contributed by atoms with E-state index in [1.54, 1.807) is 6.07 Å². The molecule has 23 heavy (non-hydrogen) atoms. The Bertz CT molecular complexity index is 675. The minimum atomic E-state index is -1.26. The van der Waals surface area contributed by atoms with Crippen LogP contribution in [0.25, 0.3) is 10.8 Å². The fraction of sp³-hybridized carbons (Fsp3) is 0.444. The molecule has 126 valence electrons. The largest absolute Gasteiger partial charge is 0.385 e. The topological polar surface area (TPSA) is 12.0 Å². The van der Waals surface area contributed by atoms with Crippen molar-refractivity contribution >= 4 is 24.5 Å². The van der Waals surface area contributed by atoms with Crippen molar-refractivity contribution in [2.24, 2.45) is 0 Å². The average molecular weight is 339 g/mol. The van der Waals surface area contributed by atoms with Crippen LogP contribution in [0.15, 0.2) is 24.3 Å². The molecule has 2 rings (SSSR count). The molecular weight excluding hydrogens is 315 g/mol. The van der Waals surface area contributed by atoms with Gasteiger partial charge < -0.3 is 5.32 Å². The molecule has 0 atom stereocenters.